The normalized spacial score (nSPS) is 22.2. The van der Waals surface area contributed by atoms with Gasteiger partial charge in [-0.2, -0.15) is 0 Å². The molecular weight excluding hydrogens is 382 g/mol. The van der Waals surface area contributed by atoms with Gasteiger partial charge in [0.25, 0.3) is 5.91 Å². The molecule has 1 aromatic carbocycles. The van der Waals surface area contributed by atoms with Gasteiger partial charge in [0.1, 0.15) is 49.9 Å². The number of quaternary nitrogens is 2. The van der Waals surface area contributed by atoms with Gasteiger partial charge in [-0.1, -0.05) is 5.16 Å². The van der Waals surface area contributed by atoms with Gasteiger partial charge in [0, 0.05) is 37.9 Å². The van der Waals surface area contributed by atoms with E-state index in [9.17, 15) is 4.79 Å². The minimum Gasteiger partial charge on any atom is -0.497 e. The largest absolute Gasteiger partial charge is 0.497 e. The van der Waals surface area contributed by atoms with Crippen LogP contribution in [-0.2, 0) is 11.3 Å². The zero-order valence-electron chi connectivity index (χ0n) is 18.0. The summed E-state index contributed by atoms with van der Waals surface area (Å²) in [6.07, 6.45) is 0. The Morgan fingerprint density at radius 1 is 1.07 bits per heavy atom. The summed E-state index contributed by atoms with van der Waals surface area (Å²) >= 11 is 0. The second-order valence-corrected chi connectivity index (χ2v) is 8.35. The average molecular weight is 416 g/mol. The number of nitrogens with zero attached hydrogens (tertiary/aromatic N) is 3. The molecule has 0 bridgehead atoms. The van der Waals surface area contributed by atoms with E-state index in [1.807, 2.05) is 30.0 Å². The lowest BCUT2D eigenvalue weighted by Gasteiger charge is -2.37. The lowest BCUT2D eigenvalue weighted by atomic mass is 10.2. The predicted molar refractivity (Wildman–Crippen MR) is 113 cm³/mol. The molecule has 0 aliphatic carbocycles. The standard InChI is InChI=1S/C22H31N5O3/c1-18-15-19(23-30-18)16-24-7-9-25(10-8-24)17-22(28)27-13-11-26(12-14-27)20-3-5-21(29-2)6-4-20/h3-6,15H,7-14,16-17H2,1-2H3/p+2. The van der Waals surface area contributed by atoms with E-state index in [0.717, 1.165) is 76.1 Å². The van der Waals surface area contributed by atoms with Crippen molar-refractivity contribution in [2.24, 2.45) is 0 Å². The van der Waals surface area contributed by atoms with Crippen molar-refractivity contribution in [3.63, 3.8) is 0 Å². The van der Waals surface area contributed by atoms with Gasteiger partial charge in [-0.3, -0.25) is 4.79 Å². The van der Waals surface area contributed by atoms with E-state index < -0.39 is 0 Å². The lowest BCUT2D eigenvalue weighted by molar-refractivity contribution is -1.02. The molecule has 0 atom stereocenters. The Kier molecular flexibility index (Phi) is 6.54. The number of amides is 1. The number of carbonyl (C=O) groups is 1. The molecule has 2 aromatic rings. The van der Waals surface area contributed by atoms with Crippen molar-refractivity contribution in [1.82, 2.24) is 10.1 Å². The van der Waals surface area contributed by atoms with Crippen molar-refractivity contribution in [3.8, 4) is 5.75 Å². The number of aryl methyl sites for hydroxylation is 1. The van der Waals surface area contributed by atoms with Crippen LogP contribution < -0.4 is 19.4 Å². The maximum atomic E-state index is 12.8. The molecule has 3 heterocycles. The predicted octanol–water partition coefficient (Wildman–Crippen LogP) is -1.38. The third-order valence-electron chi connectivity index (χ3n) is 6.24. The molecule has 2 aliphatic heterocycles. The van der Waals surface area contributed by atoms with Gasteiger partial charge >= 0.3 is 0 Å². The van der Waals surface area contributed by atoms with Gasteiger partial charge in [-0.15, -0.1) is 0 Å². The van der Waals surface area contributed by atoms with E-state index in [1.165, 1.54) is 15.5 Å². The third kappa shape index (κ3) is 5.12. The molecule has 0 spiro atoms. The number of benzene rings is 1. The van der Waals surface area contributed by atoms with Gasteiger partial charge < -0.3 is 28.9 Å². The number of hydrogen-bond acceptors (Lipinski definition) is 5. The number of methoxy groups -OCH3 is 1. The van der Waals surface area contributed by atoms with Crippen LogP contribution in [0.4, 0.5) is 5.69 Å². The summed E-state index contributed by atoms with van der Waals surface area (Å²) < 4.78 is 10.4. The first-order chi connectivity index (χ1) is 14.6. The summed E-state index contributed by atoms with van der Waals surface area (Å²) in [5, 5.41) is 4.10. The van der Waals surface area contributed by atoms with Crippen molar-refractivity contribution < 1.29 is 23.9 Å². The van der Waals surface area contributed by atoms with E-state index in [-0.39, 0.29) is 5.91 Å². The molecule has 30 heavy (non-hydrogen) atoms. The number of carbonyl (C=O) groups excluding carboxylic acids is 1. The van der Waals surface area contributed by atoms with Crippen molar-refractivity contribution >= 4 is 11.6 Å². The molecule has 8 nitrogen and oxygen atoms in total. The molecule has 1 amide bonds. The number of nitrogens with one attached hydrogen (secondary N) is 2. The fourth-order valence-electron chi connectivity index (χ4n) is 4.40. The Morgan fingerprint density at radius 2 is 1.73 bits per heavy atom. The summed E-state index contributed by atoms with van der Waals surface area (Å²) in [6, 6.07) is 10.2. The van der Waals surface area contributed by atoms with Crippen LogP contribution in [0.2, 0.25) is 0 Å². The Morgan fingerprint density at radius 3 is 2.33 bits per heavy atom. The van der Waals surface area contributed by atoms with Crippen molar-refractivity contribution in [1.29, 1.82) is 0 Å². The van der Waals surface area contributed by atoms with Crippen LogP contribution in [0.3, 0.4) is 0 Å². The van der Waals surface area contributed by atoms with Crippen molar-refractivity contribution in [3.05, 3.63) is 41.8 Å². The monoisotopic (exact) mass is 415 g/mol. The molecule has 1 aromatic heterocycles. The molecule has 4 rings (SSSR count). The molecule has 2 fully saturated rings. The van der Waals surface area contributed by atoms with Gasteiger partial charge in [-0.25, -0.2) is 0 Å². The fourth-order valence-corrected chi connectivity index (χ4v) is 4.40. The second kappa shape index (κ2) is 9.49. The van der Waals surface area contributed by atoms with Crippen LogP contribution in [0.5, 0.6) is 5.75 Å². The van der Waals surface area contributed by atoms with Crippen LogP contribution >= 0.6 is 0 Å². The summed E-state index contributed by atoms with van der Waals surface area (Å²) in [4.78, 5) is 20.1. The third-order valence-corrected chi connectivity index (χ3v) is 6.24. The zero-order valence-corrected chi connectivity index (χ0v) is 18.0. The number of ether oxygens (including phenoxy) is 1. The molecule has 2 aliphatic rings. The molecule has 0 radical (unpaired) electrons. The highest BCUT2D eigenvalue weighted by Crippen LogP contribution is 2.20. The van der Waals surface area contributed by atoms with E-state index >= 15 is 0 Å². The van der Waals surface area contributed by atoms with Gasteiger partial charge in [-0.05, 0) is 31.2 Å². The minimum absolute atomic E-state index is 0.287. The quantitative estimate of drug-likeness (QED) is 0.609. The summed E-state index contributed by atoms with van der Waals surface area (Å²) in [5.74, 6) is 2.02. The number of piperazine rings is 2. The zero-order chi connectivity index (χ0) is 20.9. The fraction of sp³-hybridized carbons (Fsp3) is 0.545. The smallest absolute Gasteiger partial charge is 0.277 e. The maximum absolute atomic E-state index is 12.8. The second-order valence-electron chi connectivity index (χ2n) is 8.35. The number of aromatic nitrogens is 1. The van der Waals surface area contributed by atoms with E-state index in [0.29, 0.717) is 6.54 Å². The maximum Gasteiger partial charge on any atom is 0.277 e. The highest BCUT2D eigenvalue weighted by Gasteiger charge is 2.29. The molecule has 0 saturated carbocycles. The number of rotatable bonds is 6. The summed E-state index contributed by atoms with van der Waals surface area (Å²) in [6.45, 7) is 11.0. The topological polar surface area (TPSA) is 67.7 Å². The molecule has 162 valence electrons. The Labute approximate surface area is 178 Å². The molecule has 0 unspecified atom stereocenters. The minimum atomic E-state index is 0.287. The van der Waals surface area contributed by atoms with Crippen LogP contribution in [-0.4, -0.2) is 82.0 Å². The van der Waals surface area contributed by atoms with E-state index in [4.69, 9.17) is 9.26 Å². The average Bonchev–Trinajstić information content (AvgIpc) is 3.20. The Bertz CT molecular complexity index is 822. The van der Waals surface area contributed by atoms with Crippen molar-refractivity contribution in [2.45, 2.75) is 13.5 Å². The molecule has 2 saturated heterocycles. The van der Waals surface area contributed by atoms with Gasteiger partial charge in [0.2, 0.25) is 0 Å². The molecule has 2 N–H and O–H groups in total. The van der Waals surface area contributed by atoms with Crippen LogP contribution in [0.15, 0.2) is 34.9 Å². The Balaban J connectivity index is 1.19. The Hall–Kier alpha value is -2.58. The highest BCUT2D eigenvalue weighted by molar-refractivity contribution is 5.77. The first-order valence-corrected chi connectivity index (χ1v) is 10.9. The highest BCUT2D eigenvalue weighted by atomic mass is 16.5. The molecule has 8 heteroatoms. The van der Waals surface area contributed by atoms with Crippen molar-refractivity contribution in [2.75, 3.05) is 70.9 Å². The van der Waals surface area contributed by atoms with Crippen LogP contribution in [0, 0.1) is 6.92 Å². The van der Waals surface area contributed by atoms with Crippen LogP contribution in [0.25, 0.3) is 0 Å². The number of hydrogen-bond donors (Lipinski definition) is 2. The SMILES string of the molecule is COc1ccc(N2CCN(C(=O)C[NH+]3CC[NH+](Cc4cc(C)on4)CC3)CC2)cc1. The summed E-state index contributed by atoms with van der Waals surface area (Å²) in [5.41, 5.74) is 2.21. The van der Waals surface area contributed by atoms with Crippen LogP contribution in [0.1, 0.15) is 11.5 Å². The van der Waals surface area contributed by atoms with Gasteiger partial charge in [0.05, 0.1) is 7.11 Å². The van der Waals surface area contributed by atoms with Gasteiger partial charge in [0.15, 0.2) is 6.54 Å². The first kappa shape index (κ1) is 20.7. The summed E-state index contributed by atoms with van der Waals surface area (Å²) in [7, 11) is 1.68. The van der Waals surface area contributed by atoms with E-state index in [1.54, 1.807) is 7.11 Å². The first-order valence-electron chi connectivity index (χ1n) is 10.9. The molecular formula is C22H33N5O3+2. The lowest BCUT2D eigenvalue weighted by Crippen LogP contribution is -3.28. The number of anilines is 1. The van der Waals surface area contributed by atoms with E-state index in [2.05, 4.69) is 22.2 Å².